The van der Waals surface area contributed by atoms with Crippen LogP contribution in [0.4, 0.5) is 0 Å². The van der Waals surface area contributed by atoms with Gasteiger partial charge in [0.2, 0.25) is 5.90 Å². The van der Waals surface area contributed by atoms with Gasteiger partial charge in [0.25, 0.3) is 5.91 Å². The minimum absolute atomic E-state index is 0.0273. The van der Waals surface area contributed by atoms with Gasteiger partial charge in [-0.2, -0.15) is 0 Å². The maximum Gasteiger partial charge on any atom is 0.306 e. The molecule has 9 nitrogen and oxygen atoms in total. The van der Waals surface area contributed by atoms with Gasteiger partial charge in [-0.3, -0.25) is 15.0 Å². The number of carbonyl (C=O) groups excluding carboxylic acids is 2. The van der Waals surface area contributed by atoms with E-state index in [0.717, 1.165) is 0 Å². The van der Waals surface area contributed by atoms with Crippen LogP contribution in [0.5, 0.6) is 5.75 Å². The summed E-state index contributed by atoms with van der Waals surface area (Å²) in [6.07, 6.45) is 0.752. The third kappa shape index (κ3) is 7.52. The van der Waals surface area contributed by atoms with Crippen molar-refractivity contribution in [3.63, 3.8) is 0 Å². The van der Waals surface area contributed by atoms with E-state index in [2.05, 4.69) is 10.4 Å². The minimum atomic E-state index is -1.23. The lowest BCUT2D eigenvalue weighted by atomic mass is 9.94. The van der Waals surface area contributed by atoms with Crippen LogP contribution in [-0.4, -0.2) is 72.9 Å². The molecule has 172 valence electrons. The minimum Gasteiger partial charge on any atom is -0.494 e. The van der Waals surface area contributed by atoms with Gasteiger partial charge in [0.1, 0.15) is 18.0 Å². The number of hydrazine groups is 1. The topological polar surface area (TPSA) is 110 Å². The quantitative estimate of drug-likeness (QED) is 0.327. The first-order valence-electron chi connectivity index (χ1n) is 10.3. The summed E-state index contributed by atoms with van der Waals surface area (Å²) in [6, 6.07) is 7.14. The number of amides is 1. The maximum atomic E-state index is 12.9. The number of benzene rings is 1. The Labute approximate surface area is 183 Å². The summed E-state index contributed by atoms with van der Waals surface area (Å²) in [5.41, 5.74) is 1.59. The molecule has 0 unspecified atom stereocenters. The second-order valence-electron chi connectivity index (χ2n) is 8.61. The van der Waals surface area contributed by atoms with Gasteiger partial charge in [-0.05, 0) is 51.5 Å². The Bertz CT molecular complexity index is 785. The number of aliphatic hydroxyl groups excluding tert-OH is 1. The van der Waals surface area contributed by atoms with Crippen molar-refractivity contribution < 1.29 is 28.9 Å². The molecule has 0 saturated carbocycles. The summed E-state index contributed by atoms with van der Waals surface area (Å²) in [5.74, 6) is 0.259. The van der Waals surface area contributed by atoms with Crippen LogP contribution in [0.2, 0.25) is 0 Å². The van der Waals surface area contributed by atoms with E-state index in [1.807, 2.05) is 0 Å². The third-order valence-electron chi connectivity index (χ3n) is 4.35. The molecule has 1 heterocycles. The molecule has 0 fully saturated rings. The first-order chi connectivity index (χ1) is 14.5. The molecule has 1 amide bonds. The fourth-order valence-electron chi connectivity index (χ4n) is 2.91. The molecule has 2 rings (SSSR count). The Morgan fingerprint density at radius 1 is 1.26 bits per heavy atom. The van der Waals surface area contributed by atoms with Crippen molar-refractivity contribution in [1.82, 2.24) is 10.4 Å². The standard InChI is InChI=1S/C22H33N3O6/c1-21(2,3)31-18(27)11-12-22(20(28)24-25(4)5)15-30-19(23-22)16-7-9-17(10-8-16)29-14-6-13-26/h7-10,26H,6,11-15H2,1-5H3,(H,24,28)/t22-/m0/s1. The molecule has 2 N–H and O–H groups in total. The highest BCUT2D eigenvalue weighted by Crippen LogP contribution is 2.28. The second-order valence-corrected chi connectivity index (χ2v) is 8.61. The molecule has 0 spiro atoms. The summed E-state index contributed by atoms with van der Waals surface area (Å²) in [5, 5.41) is 10.4. The number of rotatable bonds is 10. The van der Waals surface area contributed by atoms with E-state index in [9.17, 15) is 9.59 Å². The summed E-state index contributed by atoms with van der Waals surface area (Å²) >= 11 is 0. The molecule has 1 aromatic rings. The molecule has 0 aliphatic carbocycles. The fraction of sp³-hybridized carbons (Fsp3) is 0.591. The monoisotopic (exact) mass is 435 g/mol. The van der Waals surface area contributed by atoms with Gasteiger partial charge < -0.3 is 19.3 Å². The van der Waals surface area contributed by atoms with E-state index < -0.39 is 17.1 Å². The van der Waals surface area contributed by atoms with Crippen LogP contribution in [-0.2, 0) is 19.1 Å². The van der Waals surface area contributed by atoms with Crippen molar-refractivity contribution in [3.8, 4) is 5.75 Å². The predicted octanol–water partition coefficient (Wildman–Crippen LogP) is 1.68. The molecule has 9 heteroatoms. The van der Waals surface area contributed by atoms with Gasteiger partial charge in [0.15, 0.2) is 5.54 Å². The van der Waals surface area contributed by atoms with E-state index in [-0.39, 0.29) is 32.0 Å². The van der Waals surface area contributed by atoms with Gasteiger partial charge in [0, 0.05) is 39.1 Å². The molecule has 31 heavy (non-hydrogen) atoms. The number of hydrogen-bond donors (Lipinski definition) is 2. The van der Waals surface area contributed by atoms with Gasteiger partial charge in [-0.1, -0.05) is 0 Å². The first-order valence-corrected chi connectivity index (χ1v) is 10.3. The van der Waals surface area contributed by atoms with Crippen molar-refractivity contribution >= 4 is 17.8 Å². The number of aliphatic imine (C=N–C) groups is 1. The average Bonchev–Trinajstić information content (AvgIpc) is 3.11. The zero-order valence-electron chi connectivity index (χ0n) is 18.9. The van der Waals surface area contributed by atoms with Crippen molar-refractivity contribution in [2.75, 3.05) is 33.9 Å². The molecule has 1 aromatic carbocycles. The number of hydrogen-bond acceptors (Lipinski definition) is 8. The van der Waals surface area contributed by atoms with Gasteiger partial charge >= 0.3 is 5.97 Å². The highest BCUT2D eigenvalue weighted by atomic mass is 16.6. The smallest absolute Gasteiger partial charge is 0.306 e. The molecular formula is C22H33N3O6. The number of esters is 1. The number of carbonyl (C=O) groups is 2. The van der Waals surface area contributed by atoms with Crippen LogP contribution in [0.3, 0.4) is 0 Å². The molecule has 1 aliphatic rings. The molecule has 0 aromatic heterocycles. The largest absolute Gasteiger partial charge is 0.494 e. The van der Waals surface area contributed by atoms with E-state index in [4.69, 9.17) is 19.3 Å². The van der Waals surface area contributed by atoms with Gasteiger partial charge in [-0.25, -0.2) is 10.0 Å². The van der Waals surface area contributed by atoms with E-state index in [1.54, 1.807) is 59.1 Å². The van der Waals surface area contributed by atoms with Gasteiger partial charge in [0.05, 0.1) is 6.61 Å². The maximum absolute atomic E-state index is 12.9. The SMILES string of the molecule is CN(C)NC(=O)[C@]1(CCC(=O)OC(C)(C)C)COC(c2ccc(OCCCO)cc2)=N1. The molecule has 1 aliphatic heterocycles. The Hall–Kier alpha value is -2.65. The molecular weight excluding hydrogens is 402 g/mol. The summed E-state index contributed by atoms with van der Waals surface area (Å²) < 4.78 is 16.7. The highest BCUT2D eigenvalue weighted by Gasteiger charge is 2.45. The van der Waals surface area contributed by atoms with Crippen LogP contribution in [0, 0.1) is 0 Å². The molecule has 0 bridgehead atoms. The van der Waals surface area contributed by atoms with E-state index in [0.29, 0.717) is 30.2 Å². The van der Waals surface area contributed by atoms with Crippen LogP contribution in [0.15, 0.2) is 29.3 Å². The second kappa shape index (κ2) is 10.6. The lowest BCUT2D eigenvalue weighted by molar-refractivity contribution is -0.155. The van der Waals surface area contributed by atoms with E-state index >= 15 is 0 Å². The fourth-order valence-corrected chi connectivity index (χ4v) is 2.91. The van der Waals surface area contributed by atoms with Crippen molar-refractivity contribution in [2.24, 2.45) is 4.99 Å². The normalized spacial score (nSPS) is 18.4. The summed E-state index contributed by atoms with van der Waals surface area (Å²) in [4.78, 5) is 29.7. The van der Waals surface area contributed by atoms with Crippen LogP contribution >= 0.6 is 0 Å². The zero-order valence-corrected chi connectivity index (χ0v) is 18.9. The molecule has 1 atom stereocenters. The number of nitrogens with zero attached hydrogens (tertiary/aromatic N) is 2. The lowest BCUT2D eigenvalue weighted by Gasteiger charge is -2.26. The van der Waals surface area contributed by atoms with Crippen molar-refractivity contribution in [2.45, 2.75) is 51.2 Å². The Balaban J connectivity index is 2.17. The first kappa shape index (κ1) is 24.6. The number of ether oxygens (including phenoxy) is 3. The molecule has 0 saturated heterocycles. The van der Waals surface area contributed by atoms with E-state index in [1.165, 1.54) is 5.01 Å². The summed E-state index contributed by atoms with van der Waals surface area (Å²) in [7, 11) is 3.41. The van der Waals surface area contributed by atoms with Crippen molar-refractivity contribution in [1.29, 1.82) is 0 Å². The van der Waals surface area contributed by atoms with Crippen LogP contribution < -0.4 is 10.2 Å². The van der Waals surface area contributed by atoms with Crippen LogP contribution in [0.25, 0.3) is 0 Å². The number of nitrogens with one attached hydrogen (secondary N) is 1. The van der Waals surface area contributed by atoms with Crippen molar-refractivity contribution in [3.05, 3.63) is 29.8 Å². The Morgan fingerprint density at radius 3 is 2.52 bits per heavy atom. The molecule has 0 radical (unpaired) electrons. The average molecular weight is 436 g/mol. The van der Waals surface area contributed by atoms with Gasteiger partial charge in [-0.15, -0.1) is 0 Å². The van der Waals surface area contributed by atoms with Crippen LogP contribution in [0.1, 0.15) is 45.6 Å². The zero-order chi connectivity index (χ0) is 23.1. The predicted molar refractivity (Wildman–Crippen MR) is 116 cm³/mol. The lowest BCUT2D eigenvalue weighted by Crippen LogP contribution is -2.51. The Morgan fingerprint density at radius 2 is 1.94 bits per heavy atom. The number of aliphatic hydroxyl groups is 1. The summed E-state index contributed by atoms with van der Waals surface area (Å²) in [6.45, 7) is 5.91. The Kier molecular flexibility index (Phi) is 8.41. The highest BCUT2D eigenvalue weighted by molar-refractivity contribution is 6.00. The third-order valence-corrected chi connectivity index (χ3v) is 4.35.